The smallest absolute Gasteiger partial charge is 0.341 e. The summed E-state index contributed by atoms with van der Waals surface area (Å²) in [5.74, 6) is -0.272. The van der Waals surface area contributed by atoms with Crippen LogP contribution >= 0.6 is 38.5 Å². The summed E-state index contributed by atoms with van der Waals surface area (Å²) in [4.78, 5) is 14.5. The fourth-order valence-corrected chi connectivity index (χ4v) is 2.26. The third-order valence-corrected chi connectivity index (χ3v) is 3.98. The van der Waals surface area contributed by atoms with Crippen LogP contribution in [0.2, 0.25) is 0 Å². The molecule has 0 amide bonds. The van der Waals surface area contributed by atoms with Crippen molar-refractivity contribution in [1.82, 2.24) is 4.98 Å². The van der Waals surface area contributed by atoms with Gasteiger partial charge in [-0.3, -0.25) is 0 Å². The van der Waals surface area contributed by atoms with Crippen molar-refractivity contribution in [2.75, 3.05) is 6.61 Å². The molecule has 0 saturated carbocycles. The lowest BCUT2D eigenvalue weighted by molar-refractivity contribution is 0.0524. The van der Waals surface area contributed by atoms with Gasteiger partial charge in [0.25, 0.3) is 0 Å². The van der Waals surface area contributed by atoms with Crippen LogP contribution in [0.15, 0.2) is 4.60 Å². The number of halogens is 2. The quantitative estimate of drug-likeness (QED) is 0.653. The Morgan fingerprint density at radius 3 is 2.69 bits per heavy atom. The van der Waals surface area contributed by atoms with Crippen molar-refractivity contribution in [3.05, 3.63) is 19.4 Å². The van der Waals surface area contributed by atoms with E-state index in [9.17, 15) is 4.79 Å². The van der Waals surface area contributed by atoms with Gasteiger partial charge in [-0.1, -0.05) is 0 Å². The van der Waals surface area contributed by atoms with E-state index in [1.165, 1.54) is 0 Å². The van der Waals surface area contributed by atoms with E-state index in [2.05, 4.69) is 43.5 Å². The SMILES string of the molecule is CCOC(=O)c1c(C)[nH]c(Br)c1I. The first-order valence-electron chi connectivity index (χ1n) is 3.78. The number of nitrogens with one attached hydrogen (secondary N) is 1. The number of rotatable bonds is 2. The first-order valence-corrected chi connectivity index (χ1v) is 5.65. The second-order valence-electron chi connectivity index (χ2n) is 2.47. The van der Waals surface area contributed by atoms with Crippen molar-refractivity contribution >= 4 is 44.5 Å². The molecule has 0 unspecified atom stereocenters. The Morgan fingerprint density at radius 1 is 1.69 bits per heavy atom. The summed E-state index contributed by atoms with van der Waals surface area (Å²) in [6, 6.07) is 0. The second kappa shape index (κ2) is 4.45. The summed E-state index contributed by atoms with van der Waals surface area (Å²) in [5.41, 5.74) is 1.45. The van der Waals surface area contributed by atoms with Gasteiger partial charge in [0.15, 0.2) is 0 Å². The van der Waals surface area contributed by atoms with E-state index in [4.69, 9.17) is 4.74 Å². The molecule has 13 heavy (non-hydrogen) atoms. The third kappa shape index (κ3) is 2.25. The van der Waals surface area contributed by atoms with Crippen LogP contribution in [0.5, 0.6) is 0 Å². The van der Waals surface area contributed by atoms with Crippen molar-refractivity contribution in [2.24, 2.45) is 0 Å². The molecule has 1 heterocycles. The van der Waals surface area contributed by atoms with Crippen LogP contribution in [0, 0.1) is 10.5 Å². The van der Waals surface area contributed by atoms with Crippen LogP contribution < -0.4 is 0 Å². The number of aromatic amines is 1. The number of carbonyl (C=O) groups is 1. The number of aromatic nitrogens is 1. The number of aryl methyl sites for hydroxylation is 1. The Labute approximate surface area is 98.5 Å². The van der Waals surface area contributed by atoms with Gasteiger partial charge in [-0.2, -0.15) is 0 Å². The maximum absolute atomic E-state index is 11.4. The topological polar surface area (TPSA) is 42.1 Å². The number of carbonyl (C=O) groups excluding carboxylic acids is 1. The van der Waals surface area contributed by atoms with Gasteiger partial charge in [0.05, 0.1) is 20.3 Å². The summed E-state index contributed by atoms with van der Waals surface area (Å²) >= 11 is 5.42. The van der Waals surface area contributed by atoms with Crippen molar-refractivity contribution in [3.63, 3.8) is 0 Å². The normalized spacial score (nSPS) is 10.2. The van der Waals surface area contributed by atoms with E-state index < -0.39 is 0 Å². The first kappa shape index (κ1) is 11.0. The lowest BCUT2D eigenvalue weighted by atomic mass is 10.2. The van der Waals surface area contributed by atoms with Crippen LogP contribution in [-0.4, -0.2) is 17.6 Å². The van der Waals surface area contributed by atoms with Crippen LogP contribution in [0.3, 0.4) is 0 Å². The van der Waals surface area contributed by atoms with Crippen LogP contribution in [-0.2, 0) is 4.74 Å². The number of hydrogen-bond acceptors (Lipinski definition) is 2. The number of hydrogen-bond donors (Lipinski definition) is 1. The molecule has 0 aromatic carbocycles. The summed E-state index contributed by atoms with van der Waals surface area (Å²) in [7, 11) is 0. The van der Waals surface area contributed by atoms with Crippen molar-refractivity contribution in [1.29, 1.82) is 0 Å². The molecule has 0 aliphatic rings. The molecule has 72 valence electrons. The van der Waals surface area contributed by atoms with Gasteiger partial charge in [0, 0.05) is 5.69 Å². The Kier molecular flexibility index (Phi) is 3.78. The zero-order valence-electron chi connectivity index (χ0n) is 7.28. The molecule has 0 saturated heterocycles. The molecule has 0 bridgehead atoms. The van der Waals surface area contributed by atoms with E-state index in [1.807, 2.05) is 6.92 Å². The maximum Gasteiger partial charge on any atom is 0.341 e. The Balaban J connectivity index is 3.06. The van der Waals surface area contributed by atoms with Crippen molar-refractivity contribution in [2.45, 2.75) is 13.8 Å². The molecule has 1 aromatic rings. The average molecular weight is 358 g/mol. The van der Waals surface area contributed by atoms with Crippen LogP contribution in [0.4, 0.5) is 0 Å². The lowest BCUT2D eigenvalue weighted by Crippen LogP contribution is -2.06. The predicted octanol–water partition coefficient (Wildman–Crippen LogP) is 2.87. The van der Waals surface area contributed by atoms with E-state index in [1.54, 1.807) is 6.92 Å². The number of ether oxygens (including phenoxy) is 1. The van der Waals surface area contributed by atoms with Crippen LogP contribution in [0.25, 0.3) is 0 Å². The minimum atomic E-state index is -0.272. The highest BCUT2D eigenvalue weighted by Gasteiger charge is 2.18. The first-order chi connectivity index (χ1) is 6.07. The van der Waals surface area contributed by atoms with Gasteiger partial charge in [0.2, 0.25) is 0 Å². The summed E-state index contributed by atoms with van der Waals surface area (Å²) in [6.45, 7) is 4.04. The minimum absolute atomic E-state index is 0.272. The van der Waals surface area contributed by atoms with E-state index in [0.29, 0.717) is 12.2 Å². The third-order valence-electron chi connectivity index (χ3n) is 1.56. The monoisotopic (exact) mass is 357 g/mol. The maximum atomic E-state index is 11.4. The molecule has 1 rings (SSSR count). The van der Waals surface area contributed by atoms with E-state index >= 15 is 0 Å². The molecular formula is C8H9BrINO2. The molecule has 1 N–H and O–H groups in total. The molecule has 0 aliphatic carbocycles. The molecule has 0 aliphatic heterocycles. The number of H-pyrrole nitrogens is 1. The van der Waals surface area contributed by atoms with Gasteiger partial charge < -0.3 is 9.72 Å². The fourth-order valence-electron chi connectivity index (χ4n) is 1.00. The van der Waals surface area contributed by atoms with E-state index in [0.717, 1.165) is 13.9 Å². The molecule has 5 heteroatoms. The summed E-state index contributed by atoms with van der Waals surface area (Å²) in [5, 5.41) is 0. The highest BCUT2D eigenvalue weighted by Crippen LogP contribution is 2.25. The molecule has 3 nitrogen and oxygen atoms in total. The predicted molar refractivity (Wildman–Crippen MR) is 61.9 cm³/mol. The molecule has 0 fully saturated rings. The second-order valence-corrected chi connectivity index (χ2v) is 4.35. The number of esters is 1. The highest BCUT2D eigenvalue weighted by atomic mass is 127. The average Bonchev–Trinajstić information content (AvgIpc) is 2.27. The summed E-state index contributed by atoms with van der Waals surface area (Å²) in [6.07, 6.45) is 0. The Morgan fingerprint density at radius 2 is 2.31 bits per heavy atom. The Bertz CT molecular complexity index is 335. The summed E-state index contributed by atoms with van der Waals surface area (Å²) < 4.78 is 6.61. The van der Waals surface area contributed by atoms with Gasteiger partial charge in [-0.15, -0.1) is 0 Å². The zero-order valence-corrected chi connectivity index (χ0v) is 11.0. The molecular weight excluding hydrogens is 349 g/mol. The minimum Gasteiger partial charge on any atom is -0.462 e. The Hall–Kier alpha value is -0.0400. The van der Waals surface area contributed by atoms with Crippen LogP contribution in [0.1, 0.15) is 23.0 Å². The van der Waals surface area contributed by atoms with Gasteiger partial charge in [-0.25, -0.2) is 4.79 Å². The lowest BCUT2D eigenvalue weighted by Gasteiger charge is -2.00. The van der Waals surface area contributed by atoms with Crippen molar-refractivity contribution in [3.8, 4) is 0 Å². The molecule has 0 radical (unpaired) electrons. The van der Waals surface area contributed by atoms with Crippen molar-refractivity contribution < 1.29 is 9.53 Å². The molecule has 1 aromatic heterocycles. The fraction of sp³-hybridized carbons (Fsp3) is 0.375. The largest absolute Gasteiger partial charge is 0.462 e. The standard InChI is InChI=1S/C8H9BrINO2/c1-3-13-8(12)5-4(2)11-7(9)6(5)10/h11H,3H2,1-2H3. The van der Waals surface area contributed by atoms with Gasteiger partial charge >= 0.3 is 5.97 Å². The molecule has 0 atom stereocenters. The molecule has 0 spiro atoms. The van der Waals surface area contributed by atoms with E-state index in [-0.39, 0.29) is 5.97 Å². The zero-order chi connectivity index (χ0) is 10.0. The van der Waals surface area contributed by atoms with Gasteiger partial charge in [0.1, 0.15) is 0 Å². The van der Waals surface area contributed by atoms with Gasteiger partial charge in [-0.05, 0) is 52.4 Å². The highest BCUT2D eigenvalue weighted by molar-refractivity contribution is 14.1.